The van der Waals surface area contributed by atoms with Gasteiger partial charge in [-0.3, -0.25) is 4.40 Å². The summed E-state index contributed by atoms with van der Waals surface area (Å²) >= 11 is 7.22. The number of hydrogen-bond donors (Lipinski definition) is 1. The first-order valence-electron chi connectivity index (χ1n) is 5.07. The van der Waals surface area contributed by atoms with Crippen LogP contribution in [0.15, 0.2) is 34.3 Å². The molecule has 0 amide bonds. The lowest BCUT2D eigenvalue weighted by atomic mass is 10.1. The van der Waals surface area contributed by atoms with E-state index in [-0.39, 0.29) is 5.22 Å². The molecule has 0 aliphatic carbocycles. The van der Waals surface area contributed by atoms with Gasteiger partial charge in [-0.1, -0.05) is 0 Å². The van der Waals surface area contributed by atoms with Gasteiger partial charge in [0.25, 0.3) is 0 Å². The van der Waals surface area contributed by atoms with Gasteiger partial charge in [-0.2, -0.15) is 0 Å². The van der Waals surface area contributed by atoms with Gasteiger partial charge < -0.3 is 9.52 Å². The molecule has 3 aromatic rings. The van der Waals surface area contributed by atoms with Crippen LogP contribution in [-0.4, -0.2) is 14.5 Å². The molecule has 0 aliphatic heterocycles. The van der Waals surface area contributed by atoms with E-state index in [1.165, 1.54) is 0 Å². The molecule has 88 valence electrons. The molecular weight excluding hydrogens is 260 g/mol. The smallest absolute Gasteiger partial charge is 0.193 e. The summed E-state index contributed by atoms with van der Waals surface area (Å²) in [5.74, 6) is 0.464. The first-order chi connectivity index (χ1) is 8.22. The minimum Gasteiger partial charge on any atom is -0.447 e. The fraction of sp³-hybridized carbons (Fsp3) is 0.182. The van der Waals surface area contributed by atoms with Gasteiger partial charge in [0.2, 0.25) is 0 Å². The van der Waals surface area contributed by atoms with Crippen LogP contribution in [0.5, 0.6) is 0 Å². The monoisotopic (exact) mass is 268 g/mol. The number of fused-ring (bicyclic) bond motifs is 1. The van der Waals surface area contributed by atoms with Crippen LogP contribution in [0.25, 0.3) is 4.96 Å². The van der Waals surface area contributed by atoms with Crippen LogP contribution in [-0.2, 0) is 6.42 Å². The Kier molecular flexibility index (Phi) is 2.66. The lowest BCUT2D eigenvalue weighted by Gasteiger charge is -2.04. The summed E-state index contributed by atoms with van der Waals surface area (Å²) in [5, 5.41) is 12.2. The molecule has 0 aromatic carbocycles. The molecule has 1 N–H and O–H groups in total. The van der Waals surface area contributed by atoms with Gasteiger partial charge in [-0.15, -0.1) is 11.3 Å². The normalized spacial score (nSPS) is 13.3. The van der Waals surface area contributed by atoms with Crippen LogP contribution < -0.4 is 0 Å². The number of aliphatic hydroxyl groups is 1. The van der Waals surface area contributed by atoms with Gasteiger partial charge in [0.1, 0.15) is 11.9 Å². The van der Waals surface area contributed by atoms with Gasteiger partial charge in [0, 0.05) is 24.2 Å². The summed E-state index contributed by atoms with van der Waals surface area (Å²) in [5.41, 5.74) is 0.830. The molecule has 3 heterocycles. The lowest BCUT2D eigenvalue weighted by Crippen LogP contribution is -2.00. The summed E-state index contributed by atoms with van der Waals surface area (Å²) in [6.45, 7) is 0. The van der Waals surface area contributed by atoms with Crippen molar-refractivity contribution < 1.29 is 9.52 Å². The highest BCUT2D eigenvalue weighted by atomic mass is 35.5. The highest BCUT2D eigenvalue weighted by molar-refractivity contribution is 7.15. The van der Waals surface area contributed by atoms with Crippen LogP contribution >= 0.6 is 22.9 Å². The van der Waals surface area contributed by atoms with E-state index in [9.17, 15) is 5.11 Å². The average Bonchev–Trinajstić information content (AvgIpc) is 2.92. The third-order valence-electron chi connectivity index (χ3n) is 2.47. The Hall–Kier alpha value is -1.30. The average molecular weight is 269 g/mol. The van der Waals surface area contributed by atoms with Crippen molar-refractivity contribution >= 4 is 27.9 Å². The van der Waals surface area contributed by atoms with E-state index in [0.29, 0.717) is 12.2 Å². The molecule has 0 fully saturated rings. The number of hydrogen-bond acceptors (Lipinski definition) is 4. The van der Waals surface area contributed by atoms with Crippen molar-refractivity contribution in [1.29, 1.82) is 0 Å². The Morgan fingerprint density at radius 3 is 3.12 bits per heavy atom. The molecule has 0 spiro atoms. The van der Waals surface area contributed by atoms with Crippen molar-refractivity contribution in [1.82, 2.24) is 9.38 Å². The van der Waals surface area contributed by atoms with E-state index in [1.54, 1.807) is 23.5 Å². The molecule has 3 rings (SSSR count). The zero-order chi connectivity index (χ0) is 11.8. The zero-order valence-corrected chi connectivity index (χ0v) is 10.3. The number of imidazole rings is 1. The lowest BCUT2D eigenvalue weighted by molar-refractivity contribution is 0.149. The van der Waals surface area contributed by atoms with E-state index >= 15 is 0 Å². The van der Waals surface area contributed by atoms with Crippen LogP contribution in [0.4, 0.5) is 0 Å². The molecule has 0 bridgehead atoms. The number of rotatable bonds is 3. The minimum atomic E-state index is -0.716. The third kappa shape index (κ3) is 2.09. The summed E-state index contributed by atoms with van der Waals surface area (Å²) in [6, 6.07) is 3.29. The van der Waals surface area contributed by atoms with Crippen LogP contribution in [0.2, 0.25) is 5.22 Å². The number of halogens is 1. The standard InChI is InChI=1S/C11H9ClN2O2S/c12-10-2-1-9(16-10)8(15)5-7-6-14-3-4-17-11(14)13-7/h1-4,6,8,15H,5H2. The van der Waals surface area contributed by atoms with Gasteiger partial charge in [0.05, 0.1) is 5.69 Å². The van der Waals surface area contributed by atoms with Crippen LogP contribution in [0.3, 0.4) is 0 Å². The molecular formula is C11H9ClN2O2S. The number of aromatic nitrogens is 2. The maximum absolute atomic E-state index is 9.95. The topological polar surface area (TPSA) is 50.7 Å². The number of thiazole rings is 1. The molecule has 6 heteroatoms. The highest BCUT2D eigenvalue weighted by Crippen LogP contribution is 2.23. The predicted octanol–water partition coefficient (Wildman–Crippen LogP) is 2.92. The molecule has 1 atom stereocenters. The zero-order valence-electron chi connectivity index (χ0n) is 8.71. The SMILES string of the molecule is OC(Cc1cn2ccsc2n1)c1ccc(Cl)o1. The van der Waals surface area contributed by atoms with Crippen molar-refractivity contribution in [2.45, 2.75) is 12.5 Å². The van der Waals surface area contributed by atoms with Crippen molar-refractivity contribution in [3.8, 4) is 0 Å². The maximum atomic E-state index is 9.95. The Bertz CT molecular complexity index is 614. The Morgan fingerprint density at radius 2 is 2.41 bits per heavy atom. The quantitative estimate of drug-likeness (QED) is 0.795. The Morgan fingerprint density at radius 1 is 1.53 bits per heavy atom. The Balaban J connectivity index is 1.80. The molecule has 0 aliphatic rings. The molecule has 3 aromatic heterocycles. The van der Waals surface area contributed by atoms with E-state index in [4.69, 9.17) is 16.0 Å². The largest absolute Gasteiger partial charge is 0.447 e. The van der Waals surface area contributed by atoms with Crippen molar-refractivity contribution in [3.05, 3.63) is 46.6 Å². The second-order valence-corrected chi connectivity index (χ2v) is 4.93. The summed E-state index contributed by atoms with van der Waals surface area (Å²) < 4.78 is 7.09. The van der Waals surface area contributed by atoms with Crippen molar-refractivity contribution in [2.24, 2.45) is 0 Å². The molecule has 0 saturated heterocycles. The minimum absolute atomic E-state index is 0.282. The van der Waals surface area contributed by atoms with Crippen LogP contribution in [0.1, 0.15) is 17.6 Å². The molecule has 17 heavy (non-hydrogen) atoms. The van der Waals surface area contributed by atoms with E-state index in [2.05, 4.69) is 4.98 Å². The van der Waals surface area contributed by atoms with Gasteiger partial charge in [-0.25, -0.2) is 4.98 Å². The van der Waals surface area contributed by atoms with Crippen LogP contribution in [0, 0.1) is 0 Å². The van der Waals surface area contributed by atoms with E-state index < -0.39 is 6.10 Å². The molecule has 1 unspecified atom stereocenters. The number of nitrogens with zero attached hydrogens (tertiary/aromatic N) is 2. The highest BCUT2D eigenvalue weighted by Gasteiger charge is 2.15. The van der Waals surface area contributed by atoms with Crippen molar-refractivity contribution in [3.63, 3.8) is 0 Å². The number of aliphatic hydroxyl groups excluding tert-OH is 1. The fourth-order valence-electron chi connectivity index (χ4n) is 1.68. The predicted molar refractivity (Wildman–Crippen MR) is 65.5 cm³/mol. The second kappa shape index (κ2) is 4.18. The second-order valence-electron chi connectivity index (χ2n) is 3.69. The molecule has 4 nitrogen and oxygen atoms in total. The Labute approximate surface area is 106 Å². The van der Waals surface area contributed by atoms with Gasteiger partial charge >= 0.3 is 0 Å². The molecule has 0 radical (unpaired) electrons. The van der Waals surface area contributed by atoms with Crippen molar-refractivity contribution in [2.75, 3.05) is 0 Å². The third-order valence-corrected chi connectivity index (χ3v) is 3.44. The van der Waals surface area contributed by atoms with E-state index in [0.717, 1.165) is 10.7 Å². The summed E-state index contributed by atoms with van der Waals surface area (Å²) in [7, 11) is 0. The van der Waals surface area contributed by atoms with Gasteiger partial charge in [0.15, 0.2) is 10.2 Å². The molecule has 0 saturated carbocycles. The fourth-order valence-corrected chi connectivity index (χ4v) is 2.55. The maximum Gasteiger partial charge on any atom is 0.193 e. The summed E-state index contributed by atoms with van der Waals surface area (Å²) in [4.78, 5) is 5.31. The first kappa shape index (κ1) is 10.8. The first-order valence-corrected chi connectivity index (χ1v) is 6.32. The number of furan rings is 1. The van der Waals surface area contributed by atoms with E-state index in [1.807, 2.05) is 22.2 Å². The summed E-state index contributed by atoms with van der Waals surface area (Å²) in [6.07, 6.45) is 3.54. The van der Waals surface area contributed by atoms with Gasteiger partial charge in [-0.05, 0) is 23.7 Å².